The van der Waals surface area contributed by atoms with Crippen molar-refractivity contribution in [2.45, 2.75) is 57.0 Å². The minimum Gasteiger partial charge on any atom is -0.491 e. The molecule has 2 aliphatic heterocycles. The Bertz CT molecular complexity index is 1310. The van der Waals surface area contributed by atoms with Crippen LogP contribution in [0.5, 0.6) is 5.75 Å². The third kappa shape index (κ3) is 8.10. The van der Waals surface area contributed by atoms with E-state index in [1.54, 1.807) is 37.4 Å². The molecule has 3 N–H and O–H groups in total. The molecule has 2 aromatic rings. The molecule has 0 aliphatic carbocycles. The van der Waals surface area contributed by atoms with Gasteiger partial charge in [0.05, 0.1) is 12.1 Å². The van der Waals surface area contributed by atoms with E-state index < -0.39 is 35.2 Å². The molecular formula is C32H41FN4O6. The molecule has 0 aromatic heterocycles. The highest BCUT2D eigenvalue weighted by molar-refractivity contribution is 6.00. The van der Waals surface area contributed by atoms with E-state index in [0.717, 1.165) is 5.56 Å². The molecule has 2 heterocycles. The molecule has 1 fully saturated rings. The van der Waals surface area contributed by atoms with E-state index in [2.05, 4.69) is 16.0 Å². The third-order valence-corrected chi connectivity index (χ3v) is 8.21. The van der Waals surface area contributed by atoms with Crippen molar-refractivity contribution in [2.24, 2.45) is 5.92 Å². The molecule has 1 saturated heterocycles. The number of fused-ring (bicyclic) bond motifs is 1. The Morgan fingerprint density at radius 3 is 2.53 bits per heavy atom. The Morgan fingerprint density at radius 2 is 1.81 bits per heavy atom. The SMILES string of the molecule is CC(C)[C@H]1NC(=O)CC[C@@H](C(=O)NCC2(c3cccc(F)c3)CCOCC2)NC(=O)c2ccccc2OCCN(C)C1=O. The van der Waals surface area contributed by atoms with Gasteiger partial charge in [-0.2, -0.15) is 0 Å². The summed E-state index contributed by atoms with van der Waals surface area (Å²) in [5.41, 5.74) is 0.450. The number of likely N-dealkylation sites (N-methyl/N-ethyl adjacent to an activating group) is 1. The van der Waals surface area contributed by atoms with E-state index in [1.165, 1.54) is 17.0 Å². The molecular weight excluding hydrogens is 555 g/mol. The van der Waals surface area contributed by atoms with Gasteiger partial charge in [0.2, 0.25) is 17.7 Å². The number of hydrogen-bond acceptors (Lipinski definition) is 6. The van der Waals surface area contributed by atoms with E-state index in [4.69, 9.17) is 9.47 Å². The van der Waals surface area contributed by atoms with E-state index in [1.807, 2.05) is 19.9 Å². The Kier molecular flexibility index (Phi) is 10.7. The number of nitrogens with one attached hydrogen (secondary N) is 3. The Labute approximate surface area is 251 Å². The number of carbonyl (C=O) groups is 4. The maximum atomic E-state index is 14.2. The van der Waals surface area contributed by atoms with Crippen LogP contribution in [0.15, 0.2) is 48.5 Å². The Morgan fingerprint density at radius 1 is 1.07 bits per heavy atom. The topological polar surface area (TPSA) is 126 Å². The average Bonchev–Trinajstić information content (AvgIpc) is 3.00. The zero-order valence-electron chi connectivity index (χ0n) is 25.0. The van der Waals surface area contributed by atoms with E-state index in [-0.39, 0.29) is 55.7 Å². The molecule has 0 radical (unpaired) electrons. The smallest absolute Gasteiger partial charge is 0.255 e. The van der Waals surface area contributed by atoms with Crippen LogP contribution in [0, 0.1) is 11.7 Å². The second-order valence-electron chi connectivity index (χ2n) is 11.6. The number of benzene rings is 2. The summed E-state index contributed by atoms with van der Waals surface area (Å²) in [6, 6.07) is 11.2. The van der Waals surface area contributed by atoms with Crippen molar-refractivity contribution < 1.29 is 33.0 Å². The first kappa shape index (κ1) is 31.9. The maximum absolute atomic E-state index is 14.2. The molecule has 4 rings (SSSR count). The van der Waals surface area contributed by atoms with Gasteiger partial charge in [0, 0.05) is 38.6 Å². The maximum Gasteiger partial charge on any atom is 0.255 e. The second-order valence-corrected chi connectivity index (χ2v) is 11.6. The first-order valence-electron chi connectivity index (χ1n) is 14.8. The largest absolute Gasteiger partial charge is 0.491 e. The summed E-state index contributed by atoms with van der Waals surface area (Å²) in [5.74, 6) is -1.87. The average molecular weight is 597 g/mol. The van der Waals surface area contributed by atoms with Gasteiger partial charge in [0.1, 0.15) is 30.3 Å². The fourth-order valence-electron chi connectivity index (χ4n) is 5.49. The molecule has 2 atom stereocenters. The summed E-state index contributed by atoms with van der Waals surface area (Å²) >= 11 is 0. The first-order chi connectivity index (χ1) is 20.6. The van der Waals surface area contributed by atoms with Crippen molar-refractivity contribution in [3.63, 3.8) is 0 Å². The van der Waals surface area contributed by atoms with Gasteiger partial charge in [0.25, 0.3) is 5.91 Å². The summed E-state index contributed by atoms with van der Waals surface area (Å²) < 4.78 is 25.6. The van der Waals surface area contributed by atoms with E-state index in [9.17, 15) is 23.6 Å². The van der Waals surface area contributed by atoms with Gasteiger partial charge in [-0.25, -0.2) is 4.39 Å². The van der Waals surface area contributed by atoms with Crippen molar-refractivity contribution in [3.05, 3.63) is 65.5 Å². The standard InChI is InChI=1S/C32H41FN4O6/c1-21(2)28-31(41)37(3)15-18-43-26-10-5-4-9-24(26)29(39)35-25(11-12-27(38)36-28)30(40)34-20-32(13-16-42-17-14-32)22-7-6-8-23(33)19-22/h4-10,19,21,25,28H,11-18,20H2,1-3H3,(H,34,40)(H,35,39)(H,36,38)/t25-,28+/m0/s1. The summed E-state index contributed by atoms with van der Waals surface area (Å²) in [5, 5.41) is 8.57. The van der Waals surface area contributed by atoms with Crippen molar-refractivity contribution in [2.75, 3.05) is 40.0 Å². The summed E-state index contributed by atoms with van der Waals surface area (Å²) in [7, 11) is 1.64. The number of nitrogens with zero attached hydrogens (tertiary/aromatic N) is 1. The van der Waals surface area contributed by atoms with Gasteiger partial charge < -0.3 is 30.3 Å². The fourth-order valence-corrected chi connectivity index (χ4v) is 5.49. The Hall–Kier alpha value is -3.99. The number of rotatable bonds is 5. The predicted molar refractivity (Wildman–Crippen MR) is 158 cm³/mol. The molecule has 232 valence electrons. The lowest BCUT2D eigenvalue weighted by Gasteiger charge is -2.38. The Balaban J connectivity index is 1.58. The molecule has 11 heteroatoms. The van der Waals surface area contributed by atoms with E-state index >= 15 is 0 Å². The van der Waals surface area contributed by atoms with Crippen LogP contribution < -0.4 is 20.7 Å². The van der Waals surface area contributed by atoms with Crippen molar-refractivity contribution in [1.82, 2.24) is 20.9 Å². The van der Waals surface area contributed by atoms with Crippen molar-refractivity contribution in [1.29, 1.82) is 0 Å². The summed E-state index contributed by atoms with van der Waals surface area (Å²) in [6.07, 6.45) is 1.07. The molecule has 0 saturated carbocycles. The van der Waals surface area contributed by atoms with Gasteiger partial charge in [-0.15, -0.1) is 0 Å². The number of amides is 4. The number of halogens is 1. The van der Waals surface area contributed by atoms with Crippen LogP contribution in [0.25, 0.3) is 0 Å². The lowest BCUT2D eigenvalue weighted by atomic mass is 9.74. The highest BCUT2D eigenvalue weighted by atomic mass is 19.1. The number of hydrogen-bond donors (Lipinski definition) is 3. The number of para-hydroxylation sites is 1. The van der Waals surface area contributed by atoms with Gasteiger partial charge in [-0.1, -0.05) is 38.1 Å². The fraction of sp³-hybridized carbons (Fsp3) is 0.500. The quantitative estimate of drug-likeness (QED) is 0.487. The van der Waals surface area contributed by atoms with Crippen LogP contribution in [0.1, 0.15) is 55.5 Å². The summed E-state index contributed by atoms with van der Waals surface area (Å²) in [4.78, 5) is 54.7. The molecule has 4 amide bonds. The molecule has 0 bridgehead atoms. The minimum absolute atomic E-state index is 0.00263. The van der Waals surface area contributed by atoms with Crippen LogP contribution in [0.4, 0.5) is 4.39 Å². The van der Waals surface area contributed by atoms with Crippen LogP contribution in [0.2, 0.25) is 0 Å². The monoisotopic (exact) mass is 596 g/mol. The summed E-state index contributed by atoms with van der Waals surface area (Å²) in [6.45, 7) is 5.20. The highest BCUT2D eigenvalue weighted by Crippen LogP contribution is 2.34. The first-order valence-corrected chi connectivity index (χ1v) is 14.8. The number of ether oxygens (including phenoxy) is 2. The van der Waals surface area contributed by atoms with Crippen molar-refractivity contribution in [3.8, 4) is 5.75 Å². The zero-order chi connectivity index (χ0) is 31.0. The van der Waals surface area contributed by atoms with Crippen LogP contribution >= 0.6 is 0 Å². The molecule has 2 aromatic carbocycles. The van der Waals surface area contributed by atoms with Crippen LogP contribution in [-0.2, 0) is 24.5 Å². The predicted octanol–water partition coefficient (Wildman–Crippen LogP) is 2.56. The minimum atomic E-state index is -1.06. The van der Waals surface area contributed by atoms with Gasteiger partial charge in [-0.3, -0.25) is 19.2 Å². The normalized spacial score (nSPS) is 21.9. The molecule has 0 spiro atoms. The zero-order valence-corrected chi connectivity index (χ0v) is 25.0. The second kappa shape index (κ2) is 14.5. The van der Waals surface area contributed by atoms with Crippen LogP contribution in [0.3, 0.4) is 0 Å². The van der Waals surface area contributed by atoms with Crippen LogP contribution in [-0.4, -0.2) is 80.6 Å². The van der Waals surface area contributed by atoms with Gasteiger partial charge >= 0.3 is 0 Å². The van der Waals surface area contributed by atoms with Gasteiger partial charge in [-0.05, 0) is 55.0 Å². The molecule has 43 heavy (non-hydrogen) atoms. The molecule has 0 unspecified atom stereocenters. The number of carbonyl (C=O) groups excluding carboxylic acids is 4. The third-order valence-electron chi connectivity index (χ3n) is 8.21. The van der Waals surface area contributed by atoms with Gasteiger partial charge in [0.15, 0.2) is 0 Å². The lowest BCUT2D eigenvalue weighted by Crippen LogP contribution is -2.52. The molecule has 2 aliphatic rings. The lowest BCUT2D eigenvalue weighted by molar-refractivity contribution is -0.137. The van der Waals surface area contributed by atoms with E-state index in [0.29, 0.717) is 31.8 Å². The molecule has 10 nitrogen and oxygen atoms in total. The van der Waals surface area contributed by atoms with Crippen molar-refractivity contribution >= 4 is 23.6 Å². The highest BCUT2D eigenvalue weighted by Gasteiger charge is 2.36.